The van der Waals surface area contributed by atoms with Crippen LogP contribution >= 0.6 is 0 Å². The van der Waals surface area contributed by atoms with Gasteiger partial charge in [-0.3, -0.25) is 9.59 Å². The quantitative estimate of drug-likeness (QED) is 0.852. The lowest BCUT2D eigenvalue weighted by Crippen LogP contribution is -2.47. The lowest BCUT2D eigenvalue weighted by atomic mass is 9.95. The van der Waals surface area contributed by atoms with E-state index in [1.54, 1.807) is 0 Å². The van der Waals surface area contributed by atoms with E-state index in [1.807, 2.05) is 17.0 Å². The average molecular weight is 301 g/mol. The Morgan fingerprint density at radius 1 is 1.32 bits per heavy atom. The van der Waals surface area contributed by atoms with Crippen LogP contribution in [0.4, 0.5) is 5.69 Å². The zero-order valence-corrected chi connectivity index (χ0v) is 13.2. The highest BCUT2D eigenvalue weighted by molar-refractivity contribution is 5.87. The van der Waals surface area contributed by atoms with Gasteiger partial charge in [0, 0.05) is 50.7 Å². The normalized spacial score (nSPS) is 25.3. The summed E-state index contributed by atoms with van der Waals surface area (Å²) < 4.78 is 0. The number of anilines is 1. The number of hydrogen-bond acceptors (Lipinski definition) is 3. The van der Waals surface area contributed by atoms with Gasteiger partial charge >= 0.3 is 0 Å². The molecule has 3 rings (SSSR count). The molecule has 0 saturated carbocycles. The number of carbonyl (C=O) groups is 2. The molecule has 1 fully saturated rings. The van der Waals surface area contributed by atoms with E-state index in [4.69, 9.17) is 0 Å². The molecule has 1 saturated heterocycles. The maximum absolute atomic E-state index is 12.9. The summed E-state index contributed by atoms with van der Waals surface area (Å²) in [5, 5.41) is 2.80. The first kappa shape index (κ1) is 14.9. The number of amides is 2. The number of nitrogens with zero attached hydrogens (tertiary/aromatic N) is 2. The van der Waals surface area contributed by atoms with Gasteiger partial charge in [0.05, 0.1) is 0 Å². The Hall–Kier alpha value is -2.04. The van der Waals surface area contributed by atoms with Crippen LogP contribution in [0, 0.1) is 5.92 Å². The first-order valence-corrected chi connectivity index (χ1v) is 7.92. The van der Waals surface area contributed by atoms with E-state index in [2.05, 4.69) is 36.3 Å². The van der Waals surface area contributed by atoms with Gasteiger partial charge in [0.15, 0.2) is 0 Å². The standard InChI is InChI=1S/C17H23N3O2/c1-12-10-19(2)15-6-4-3-5-14(15)11-20(12)17(22)13-7-8-18-16(21)9-13/h3-6,12-13H,7-11H2,1-2H3,(H,18,21)/t12-,13+/m1/s1. The highest BCUT2D eigenvalue weighted by Crippen LogP contribution is 2.28. The molecule has 0 bridgehead atoms. The summed E-state index contributed by atoms with van der Waals surface area (Å²) in [4.78, 5) is 28.6. The van der Waals surface area contributed by atoms with Gasteiger partial charge < -0.3 is 15.1 Å². The molecule has 0 radical (unpaired) electrons. The molecule has 2 atom stereocenters. The van der Waals surface area contributed by atoms with Gasteiger partial charge in [-0.15, -0.1) is 0 Å². The van der Waals surface area contributed by atoms with Crippen LogP contribution in [0.3, 0.4) is 0 Å². The summed E-state index contributed by atoms with van der Waals surface area (Å²) in [5.41, 5.74) is 2.36. The first-order valence-electron chi connectivity index (χ1n) is 7.92. The van der Waals surface area contributed by atoms with Gasteiger partial charge in [-0.05, 0) is 25.0 Å². The number of benzene rings is 1. The lowest BCUT2D eigenvalue weighted by Gasteiger charge is -2.33. The maximum atomic E-state index is 12.9. The van der Waals surface area contributed by atoms with Crippen LogP contribution in [0.2, 0.25) is 0 Å². The van der Waals surface area contributed by atoms with Crippen molar-refractivity contribution in [2.24, 2.45) is 5.92 Å². The van der Waals surface area contributed by atoms with Gasteiger partial charge in [0.2, 0.25) is 11.8 Å². The Morgan fingerprint density at radius 3 is 2.86 bits per heavy atom. The smallest absolute Gasteiger partial charge is 0.226 e. The van der Waals surface area contributed by atoms with Gasteiger partial charge in [0.1, 0.15) is 0 Å². The molecule has 1 N–H and O–H groups in total. The Morgan fingerprint density at radius 2 is 2.09 bits per heavy atom. The molecule has 0 aliphatic carbocycles. The number of nitrogens with one attached hydrogen (secondary N) is 1. The first-order chi connectivity index (χ1) is 10.6. The van der Waals surface area contributed by atoms with Crippen LogP contribution in [0.1, 0.15) is 25.3 Å². The monoisotopic (exact) mass is 301 g/mol. The topological polar surface area (TPSA) is 52.6 Å². The maximum Gasteiger partial charge on any atom is 0.226 e. The molecule has 2 heterocycles. The average Bonchev–Trinajstić information content (AvgIpc) is 2.63. The number of likely N-dealkylation sites (N-methyl/N-ethyl adjacent to an activating group) is 1. The summed E-state index contributed by atoms with van der Waals surface area (Å²) in [6.45, 7) is 4.12. The van der Waals surface area contributed by atoms with Crippen LogP contribution in [-0.2, 0) is 16.1 Å². The second kappa shape index (κ2) is 5.99. The molecule has 1 aromatic rings. The van der Waals surface area contributed by atoms with E-state index in [1.165, 1.54) is 11.3 Å². The van der Waals surface area contributed by atoms with E-state index in [0.29, 0.717) is 19.5 Å². The molecule has 5 nitrogen and oxygen atoms in total. The third kappa shape index (κ3) is 2.80. The van der Waals surface area contributed by atoms with Crippen molar-refractivity contribution < 1.29 is 9.59 Å². The number of fused-ring (bicyclic) bond motifs is 1. The predicted molar refractivity (Wildman–Crippen MR) is 85.5 cm³/mol. The SMILES string of the molecule is C[C@@H]1CN(C)c2ccccc2CN1C(=O)[C@H]1CCNC(=O)C1. The molecule has 0 spiro atoms. The summed E-state index contributed by atoms with van der Waals surface area (Å²) in [5.74, 6) is -0.0659. The van der Waals surface area contributed by atoms with Crippen LogP contribution in [-0.4, -0.2) is 42.9 Å². The Kier molecular flexibility index (Phi) is 4.05. The molecule has 0 unspecified atom stereocenters. The molecular formula is C17H23N3O2. The summed E-state index contributed by atoms with van der Waals surface area (Å²) in [7, 11) is 2.07. The Bertz CT molecular complexity index is 587. The van der Waals surface area contributed by atoms with E-state index < -0.39 is 0 Å². The molecule has 2 aliphatic heterocycles. The van der Waals surface area contributed by atoms with Crippen molar-refractivity contribution in [1.82, 2.24) is 10.2 Å². The third-order valence-electron chi connectivity index (χ3n) is 4.69. The van der Waals surface area contributed by atoms with Crippen molar-refractivity contribution in [1.29, 1.82) is 0 Å². The molecule has 2 aliphatic rings. The number of hydrogen-bond donors (Lipinski definition) is 1. The van der Waals surface area contributed by atoms with E-state index in [-0.39, 0.29) is 23.8 Å². The van der Waals surface area contributed by atoms with Gasteiger partial charge in [-0.25, -0.2) is 0 Å². The number of carbonyl (C=O) groups excluding carboxylic acids is 2. The van der Waals surface area contributed by atoms with Crippen molar-refractivity contribution >= 4 is 17.5 Å². The number of piperidine rings is 1. The van der Waals surface area contributed by atoms with Crippen LogP contribution < -0.4 is 10.2 Å². The zero-order valence-electron chi connectivity index (χ0n) is 13.2. The number of rotatable bonds is 1. The molecule has 5 heteroatoms. The van der Waals surface area contributed by atoms with Crippen LogP contribution in [0.5, 0.6) is 0 Å². The molecular weight excluding hydrogens is 278 g/mol. The minimum Gasteiger partial charge on any atom is -0.372 e. The highest BCUT2D eigenvalue weighted by Gasteiger charge is 2.33. The van der Waals surface area contributed by atoms with Crippen molar-refractivity contribution in [3.8, 4) is 0 Å². The predicted octanol–water partition coefficient (Wildman–Crippen LogP) is 1.38. The fourth-order valence-corrected chi connectivity index (χ4v) is 3.47. The van der Waals surface area contributed by atoms with Gasteiger partial charge in [-0.2, -0.15) is 0 Å². The summed E-state index contributed by atoms with van der Waals surface area (Å²) in [6.07, 6.45) is 1.06. The molecule has 118 valence electrons. The zero-order chi connectivity index (χ0) is 15.7. The Balaban J connectivity index is 1.84. The van der Waals surface area contributed by atoms with E-state index in [9.17, 15) is 9.59 Å². The van der Waals surface area contributed by atoms with E-state index >= 15 is 0 Å². The molecule has 22 heavy (non-hydrogen) atoms. The van der Waals surface area contributed by atoms with Crippen molar-refractivity contribution in [3.63, 3.8) is 0 Å². The fraction of sp³-hybridized carbons (Fsp3) is 0.529. The van der Waals surface area contributed by atoms with Crippen molar-refractivity contribution in [2.75, 3.05) is 25.0 Å². The van der Waals surface area contributed by atoms with Gasteiger partial charge in [-0.1, -0.05) is 18.2 Å². The molecule has 2 amide bonds. The summed E-state index contributed by atoms with van der Waals surface area (Å²) in [6, 6.07) is 8.36. The molecule has 1 aromatic carbocycles. The fourth-order valence-electron chi connectivity index (χ4n) is 3.47. The van der Waals surface area contributed by atoms with E-state index in [0.717, 1.165) is 13.0 Å². The van der Waals surface area contributed by atoms with Crippen molar-refractivity contribution in [2.45, 2.75) is 32.4 Å². The number of para-hydroxylation sites is 1. The largest absolute Gasteiger partial charge is 0.372 e. The lowest BCUT2D eigenvalue weighted by molar-refractivity contribution is -0.142. The van der Waals surface area contributed by atoms with Crippen LogP contribution in [0.25, 0.3) is 0 Å². The van der Waals surface area contributed by atoms with Gasteiger partial charge in [0.25, 0.3) is 0 Å². The van der Waals surface area contributed by atoms with Crippen LogP contribution in [0.15, 0.2) is 24.3 Å². The minimum absolute atomic E-state index is 0.00964. The Labute approximate surface area is 131 Å². The third-order valence-corrected chi connectivity index (χ3v) is 4.69. The minimum atomic E-state index is -0.174. The van der Waals surface area contributed by atoms with Crippen molar-refractivity contribution in [3.05, 3.63) is 29.8 Å². The second-order valence-corrected chi connectivity index (χ2v) is 6.36. The second-order valence-electron chi connectivity index (χ2n) is 6.36. The summed E-state index contributed by atoms with van der Waals surface area (Å²) >= 11 is 0. The highest BCUT2D eigenvalue weighted by atomic mass is 16.2. The molecule has 0 aromatic heterocycles.